The third-order valence-corrected chi connectivity index (χ3v) is 34.6. The van der Waals surface area contributed by atoms with E-state index in [1.165, 1.54) is 153 Å². The Hall–Kier alpha value is -10.9. The second-order valence-electron chi connectivity index (χ2n) is 36.8. The fraction of sp³-hybridized carbons (Fsp3) is 0.208. The van der Waals surface area contributed by atoms with Crippen LogP contribution in [0, 0.1) is 41.5 Å². The van der Waals surface area contributed by atoms with Gasteiger partial charge in [0.2, 0.25) is 0 Å². The third kappa shape index (κ3) is 12.6. The molecule has 14 aromatic rings. The maximum atomic E-state index is 7.94. The van der Waals surface area contributed by atoms with Gasteiger partial charge in [-0.15, -0.1) is 0 Å². The van der Waals surface area contributed by atoms with Crippen molar-refractivity contribution in [1.82, 2.24) is 0 Å². The minimum Gasteiger partial charge on any atom is -0.312 e. The maximum Gasteiger partial charge on any atom is 0.252 e. The van der Waals surface area contributed by atoms with Crippen molar-refractivity contribution >= 4 is 161 Å². The number of aryl methyl sites for hydroxylation is 6. The number of rotatable bonds is 9. The van der Waals surface area contributed by atoms with Gasteiger partial charge in [-0.25, -0.2) is 0 Å². The lowest BCUT2D eigenvalue weighted by molar-refractivity contribution is 0.590. The van der Waals surface area contributed by atoms with Crippen molar-refractivity contribution in [3.05, 3.63) is 364 Å². The number of fused-ring (bicyclic) bond motifs is 8. The van der Waals surface area contributed by atoms with E-state index in [0.29, 0.717) is 5.02 Å². The highest BCUT2D eigenvalue weighted by atomic mass is 35.5. The number of anilines is 12. The highest BCUT2D eigenvalue weighted by Crippen LogP contribution is 2.51. The molecule has 4 nitrogen and oxygen atoms in total. The summed E-state index contributed by atoms with van der Waals surface area (Å²) in [5, 5.41) is 12.0. The van der Waals surface area contributed by atoms with Crippen LogP contribution in [0.3, 0.4) is 0 Å². The van der Waals surface area contributed by atoms with Gasteiger partial charge < -0.3 is 19.6 Å². The van der Waals surface area contributed by atoms with E-state index in [1.54, 1.807) is 0 Å². The van der Waals surface area contributed by atoms with E-state index in [4.69, 9.17) is 11.6 Å². The molecule has 0 saturated carbocycles. The van der Waals surface area contributed by atoms with Crippen LogP contribution in [0.1, 0.15) is 139 Å². The van der Waals surface area contributed by atoms with E-state index in [2.05, 4.69) is 448 Å². The minimum absolute atomic E-state index is 0.00315. The SMILES string of the molecule is Cc1cc(N(c2ccc(C(C)(C)C)cc2)c2ccc(C(C)(C)C)cc2)c(Cl)c(N2c3ccc(C)cc3[Si](c3ccccc3)(c3ccccc3)c3cc(C)ccc32)c1.Cc1cc2c3c(c1)N1c4ccc(C)cc4[Si](c4ccccc4)(c4ccccc4)c4cc(C)cc(c41)B3c1cc(C(C)(C)C)ccc1N2c1ccc(C(C)(C)C)cc1. The average molecular weight is 1540 g/mol. The van der Waals surface area contributed by atoms with E-state index in [0.717, 1.165) is 28.3 Å². The van der Waals surface area contributed by atoms with E-state index in [-0.39, 0.29) is 28.4 Å². The molecule has 0 saturated heterocycles. The highest BCUT2D eigenvalue weighted by molar-refractivity contribution is 7.22. The Labute approximate surface area is 685 Å². The molecule has 0 aliphatic carbocycles. The Morgan fingerprint density at radius 3 is 1.04 bits per heavy atom. The van der Waals surface area contributed by atoms with Crippen LogP contribution < -0.4 is 77.5 Å². The van der Waals surface area contributed by atoms with E-state index < -0.39 is 16.1 Å². The molecule has 0 N–H and O–H groups in total. The molecule has 4 aliphatic rings. The quantitative estimate of drug-likeness (QED) is 0.134. The van der Waals surface area contributed by atoms with Crippen molar-refractivity contribution < 1.29 is 0 Å². The summed E-state index contributed by atoms with van der Waals surface area (Å²) < 4.78 is 0. The molecule has 4 aliphatic heterocycles. The van der Waals surface area contributed by atoms with E-state index in [9.17, 15) is 0 Å². The summed E-state index contributed by atoms with van der Waals surface area (Å²) >= 11 is 7.94. The largest absolute Gasteiger partial charge is 0.312 e. The van der Waals surface area contributed by atoms with Crippen LogP contribution in [0.15, 0.2) is 303 Å². The summed E-state index contributed by atoms with van der Waals surface area (Å²) in [6, 6.07) is 116. The van der Waals surface area contributed by atoms with Gasteiger partial charge in [0, 0.05) is 56.9 Å². The van der Waals surface area contributed by atoms with Crippen molar-refractivity contribution in [3.63, 3.8) is 0 Å². The summed E-state index contributed by atoms with van der Waals surface area (Å²) in [7, 11) is -5.66. The van der Waals surface area contributed by atoms with Gasteiger partial charge in [-0.05, 0) is 239 Å². The highest BCUT2D eigenvalue weighted by Gasteiger charge is 2.55. The molecule has 0 unspecified atom stereocenters. The molecular formula is C106H104BClN4Si2. The van der Waals surface area contributed by atoms with Crippen molar-refractivity contribution in [3.8, 4) is 0 Å². The number of nitrogens with zero attached hydrogens (tertiary/aromatic N) is 4. The summed E-state index contributed by atoms with van der Waals surface area (Å²) in [4.78, 5) is 10.0. The summed E-state index contributed by atoms with van der Waals surface area (Å²) in [6.45, 7) is 41.1. The fourth-order valence-corrected chi connectivity index (χ4v) is 29.9. The predicted molar refractivity (Wildman–Crippen MR) is 499 cm³/mol. The van der Waals surface area contributed by atoms with Crippen molar-refractivity contribution in [1.29, 1.82) is 0 Å². The van der Waals surface area contributed by atoms with E-state index >= 15 is 0 Å². The number of hydrogen-bond donors (Lipinski definition) is 0. The zero-order valence-corrected chi connectivity index (χ0v) is 72.4. The number of benzene rings is 14. The molecule has 18 rings (SSSR count). The Kier molecular flexibility index (Phi) is 18.8. The Morgan fingerprint density at radius 1 is 0.281 bits per heavy atom. The normalized spacial score (nSPS) is 14.2. The maximum absolute atomic E-state index is 7.94. The third-order valence-electron chi connectivity index (χ3n) is 24.6. The minimum atomic E-state index is -2.84. The molecule has 4 heterocycles. The van der Waals surface area contributed by atoms with E-state index in [1.807, 2.05) is 0 Å². The van der Waals surface area contributed by atoms with Crippen LogP contribution in [-0.2, 0) is 21.7 Å². The first kappa shape index (κ1) is 75.7. The second-order valence-corrected chi connectivity index (χ2v) is 44.6. The van der Waals surface area contributed by atoms with Gasteiger partial charge in [-0.1, -0.05) is 335 Å². The zero-order valence-electron chi connectivity index (χ0n) is 69.6. The van der Waals surface area contributed by atoms with Crippen molar-refractivity contribution in [2.24, 2.45) is 0 Å². The van der Waals surface area contributed by atoms with Gasteiger partial charge in [0.05, 0.1) is 16.4 Å². The van der Waals surface area contributed by atoms with Gasteiger partial charge in [-0.3, -0.25) is 0 Å². The molecular weight excluding hydrogens is 1430 g/mol. The van der Waals surface area contributed by atoms with Gasteiger partial charge in [-0.2, -0.15) is 0 Å². The molecule has 8 heteroatoms. The lowest BCUT2D eigenvalue weighted by atomic mass is 9.33. The molecule has 0 bridgehead atoms. The molecule has 566 valence electrons. The second kappa shape index (κ2) is 28.3. The molecule has 114 heavy (non-hydrogen) atoms. The molecule has 0 aromatic heterocycles. The smallest absolute Gasteiger partial charge is 0.252 e. The average Bonchev–Trinajstić information content (AvgIpc) is 0.680. The molecule has 14 aromatic carbocycles. The van der Waals surface area contributed by atoms with Gasteiger partial charge in [0.15, 0.2) is 16.1 Å². The van der Waals surface area contributed by atoms with Crippen molar-refractivity contribution in [2.75, 3.05) is 19.6 Å². The van der Waals surface area contributed by atoms with Gasteiger partial charge >= 0.3 is 0 Å². The molecule has 0 amide bonds. The van der Waals surface area contributed by atoms with Crippen LogP contribution >= 0.6 is 11.6 Å². The number of halogens is 1. The fourth-order valence-electron chi connectivity index (χ4n) is 19.0. The Morgan fingerprint density at radius 2 is 0.623 bits per heavy atom. The summed E-state index contributed by atoms with van der Waals surface area (Å²) in [5.74, 6) is 0. The topological polar surface area (TPSA) is 13.0 Å². The standard InChI is InChI=1S/C53H51BN2Si.C53H53ClN2Si/c1-34-20-26-45-48(31-34)57(40-16-12-10-13-17-40,41-18-14-11-15-19-41)49-32-35(2)28-43-51(49)56(45)47-30-36(3)29-46-50(47)54(43)42-33-38(53(7,8)9)23-27-44(42)55(46)39-24-21-37(22-25-39)52(4,5)6;1-36-20-30-45-49(34-36)57(43-16-12-10-13-17-43,44-18-14-11-15-19-44)50-35-37(2)21-31-46(50)56(45)48-33-38(3)32-47(51(48)54)55(41-26-22-39(23-27-41)52(4,5)6)42-28-24-40(25-29-42)53(7,8)9/h10-33H,1-9H3;10-35H,1-9H3. The summed E-state index contributed by atoms with van der Waals surface area (Å²) in [6.07, 6.45) is 0. The first-order valence-corrected chi connectivity index (χ1v) is 45.1. The van der Waals surface area contributed by atoms with Crippen LogP contribution in [0.25, 0.3) is 0 Å². The van der Waals surface area contributed by atoms with Crippen LogP contribution in [0.4, 0.5) is 68.2 Å². The Bertz CT molecular complexity index is 5860. The predicted octanol–water partition coefficient (Wildman–Crippen LogP) is 21.5. The molecule has 0 radical (unpaired) electrons. The summed E-state index contributed by atoms with van der Waals surface area (Å²) in [5.41, 5.74) is 31.2. The zero-order chi connectivity index (χ0) is 79.9. The number of hydrogen-bond acceptors (Lipinski definition) is 4. The molecule has 0 atom stereocenters. The van der Waals surface area contributed by atoms with Gasteiger partial charge in [0.25, 0.3) is 6.71 Å². The molecule has 0 spiro atoms. The lowest BCUT2D eigenvalue weighted by Gasteiger charge is -2.51. The van der Waals surface area contributed by atoms with Crippen LogP contribution in [-0.4, -0.2) is 22.9 Å². The molecule has 0 fully saturated rings. The van der Waals surface area contributed by atoms with Gasteiger partial charge in [0.1, 0.15) is 0 Å². The van der Waals surface area contributed by atoms with Crippen LogP contribution in [0.2, 0.25) is 5.02 Å². The first-order chi connectivity index (χ1) is 54.4. The van der Waals surface area contributed by atoms with Crippen molar-refractivity contribution in [2.45, 2.75) is 146 Å². The lowest BCUT2D eigenvalue weighted by Crippen LogP contribution is -2.79. The monoisotopic (exact) mass is 1530 g/mol. The van der Waals surface area contributed by atoms with Crippen LogP contribution in [0.5, 0.6) is 0 Å². The Balaban J connectivity index is 0.000000165. The first-order valence-electron chi connectivity index (χ1n) is 40.8.